The Morgan fingerprint density at radius 2 is 1.64 bits per heavy atom. The van der Waals surface area contributed by atoms with Crippen molar-refractivity contribution in [3.63, 3.8) is 0 Å². The third-order valence-corrected chi connectivity index (χ3v) is 10.3. The monoisotopic (exact) mass is 382 g/mol. The van der Waals surface area contributed by atoms with Gasteiger partial charge in [-0.2, -0.15) is 8.42 Å². The summed E-state index contributed by atoms with van der Waals surface area (Å²) >= 11 is 0. The van der Waals surface area contributed by atoms with Crippen LogP contribution in [0.25, 0.3) is 0 Å². The van der Waals surface area contributed by atoms with E-state index >= 15 is 0 Å². The summed E-state index contributed by atoms with van der Waals surface area (Å²) < 4.78 is 34.4. The van der Waals surface area contributed by atoms with Crippen molar-refractivity contribution >= 4 is 18.2 Å². The molecule has 0 aliphatic carbocycles. The van der Waals surface area contributed by atoms with E-state index in [1.165, 1.54) is 0 Å². The number of hydrogen-bond acceptors (Lipinski definition) is 4. The SMILES string of the molecule is Cc1ccc(S(=O)(=O)OCCOCCC#C[Si](C)(C)C(C)(C)C)cc1. The minimum Gasteiger partial charge on any atom is -0.378 e. The highest BCUT2D eigenvalue weighted by atomic mass is 32.2. The molecule has 1 aromatic rings. The summed E-state index contributed by atoms with van der Waals surface area (Å²) in [6.07, 6.45) is 0.650. The van der Waals surface area contributed by atoms with Crippen LogP contribution < -0.4 is 0 Å². The molecule has 0 unspecified atom stereocenters. The van der Waals surface area contributed by atoms with E-state index < -0.39 is 18.2 Å². The molecule has 0 aromatic heterocycles. The Morgan fingerprint density at radius 3 is 2.20 bits per heavy atom. The highest BCUT2D eigenvalue weighted by molar-refractivity contribution is 7.86. The van der Waals surface area contributed by atoms with E-state index in [9.17, 15) is 8.42 Å². The first-order valence-electron chi connectivity index (χ1n) is 8.50. The predicted octanol–water partition coefficient (Wildman–Crippen LogP) is 4.16. The van der Waals surface area contributed by atoms with Crippen molar-refractivity contribution < 1.29 is 17.3 Å². The molecule has 0 saturated heterocycles. The summed E-state index contributed by atoms with van der Waals surface area (Å²) in [6, 6.07) is 6.57. The van der Waals surface area contributed by atoms with Gasteiger partial charge < -0.3 is 4.74 Å². The molecule has 0 aliphatic rings. The van der Waals surface area contributed by atoms with E-state index in [2.05, 4.69) is 45.3 Å². The van der Waals surface area contributed by atoms with Crippen molar-refractivity contribution in [3.8, 4) is 11.5 Å². The summed E-state index contributed by atoms with van der Waals surface area (Å²) in [7, 11) is -5.28. The zero-order valence-electron chi connectivity index (χ0n) is 16.2. The Morgan fingerprint density at radius 1 is 1.04 bits per heavy atom. The van der Waals surface area contributed by atoms with E-state index in [-0.39, 0.29) is 23.1 Å². The van der Waals surface area contributed by atoms with E-state index in [4.69, 9.17) is 8.92 Å². The fourth-order valence-electron chi connectivity index (χ4n) is 1.67. The molecule has 1 aromatic carbocycles. The van der Waals surface area contributed by atoms with Gasteiger partial charge in [-0.1, -0.05) is 51.6 Å². The molecule has 0 heterocycles. The first-order valence-corrected chi connectivity index (χ1v) is 12.9. The Hall–Kier alpha value is -1.13. The van der Waals surface area contributed by atoms with Gasteiger partial charge in [0.25, 0.3) is 10.1 Å². The first kappa shape index (κ1) is 21.9. The average molecular weight is 383 g/mol. The summed E-state index contributed by atoms with van der Waals surface area (Å²) in [5, 5.41) is 0.249. The number of benzene rings is 1. The second-order valence-electron chi connectivity index (χ2n) is 7.63. The lowest BCUT2D eigenvalue weighted by Crippen LogP contribution is -2.35. The zero-order chi connectivity index (χ0) is 19.1. The lowest BCUT2D eigenvalue weighted by atomic mass is 10.2. The van der Waals surface area contributed by atoms with Gasteiger partial charge in [-0.3, -0.25) is 4.18 Å². The summed E-state index contributed by atoms with van der Waals surface area (Å²) in [4.78, 5) is 0.165. The van der Waals surface area contributed by atoms with Crippen LogP contribution in [-0.2, 0) is 19.0 Å². The minimum atomic E-state index is -3.71. The molecule has 140 valence electrons. The van der Waals surface area contributed by atoms with Crippen molar-refractivity contribution in [1.29, 1.82) is 0 Å². The topological polar surface area (TPSA) is 52.6 Å². The molecule has 0 radical (unpaired) electrons. The van der Waals surface area contributed by atoms with Crippen molar-refractivity contribution in [1.82, 2.24) is 0 Å². The van der Waals surface area contributed by atoms with Gasteiger partial charge in [0, 0.05) is 6.42 Å². The van der Waals surface area contributed by atoms with Crippen molar-refractivity contribution in [3.05, 3.63) is 29.8 Å². The maximum absolute atomic E-state index is 12.0. The van der Waals surface area contributed by atoms with E-state index in [1.807, 2.05) is 6.92 Å². The molecule has 4 nitrogen and oxygen atoms in total. The van der Waals surface area contributed by atoms with Gasteiger partial charge in [0.15, 0.2) is 0 Å². The predicted molar refractivity (Wildman–Crippen MR) is 105 cm³/mol. The maximum Gasteiger partial charge on any atom is 0.297 e. The molecule has 0 saturated carbocycles. The van der Waals surface area contributed by atoms with Crippen LogP contribution >= 0.6 is 0 Å². The zero-order valence-corrected chi connectivity index (χ0v) is 18.0. The highest BCUT2D eigenvalue weighted by Gasteiger charge is 2.33. The van der Waals surface area contributed by atoms with Crippen molar-refractivity contribution in [2.24, 2.45) is 0 Å². The van der Waals surface area contributed by atoms with Gasteiger partial charge in [-0.15, -0.1) is 11.5 Å². The molecule has 0 bridgehead atoms. The summed E-state index contributed by atoms with van der Waals surface area (Å²) in [6.45, 7) is 13.9. The molecule has 6 heteroatoms. The van der Waals surface area contributed by atoms with Gasteiger partial charge in [0.1, 0.15) is 8.07 Å². The Labute approximate surface area is 154 Å². The lowest BCUT2D eigenvalue weighted by Gasteiger charge is -2.31. The largest absolute Gasteiger partial charge is 0.378 e. The Balaban J connectivity index is 2.30. The second-order valence-corrected chi connectivity index (χ2v) is 14.2. The van der Waals surface area contributed by atoms with Crippen LogP contribution in [-0.4, -0.2) is 36.3 Å². The maximum atomic E-state index is 12.0. The van der Waals surface area contributed by atoms with Crippen LogP contribution in [0.3, 0.4) is 0 Å². The minimum absolute atomic E-state index is 0.00583. The standard InChI is InChI=1S/C19H30O4SSi/c1-17-9-11-18(12-10-17)24(20,21)23-15-14-22-13-7-8-16-25(5,6)19(2,3)4/h9-12H,7,13-15H2,1-6H3. The van der Waals surface area contributed by atoms with Crippen LogP contribution in [0.1, 0.15) is 32.8 Å². The molecule has 0 spiro atoms. The molecule has 0 atom stereocenters. The third kappa shape index (κ3) is 7.33. The van der Waals surface area contributed by atoms with E-state index in [0.717, 1.165) is 5.56 Å². The summed E-state index contributed by atoms with van der Waals surface area (Å²) in [5.74, 6) is 3.20. The number of ether oxygens (including phenoxy) is 1. The molecule has 0 N–H and O–H groups in total. The number of rotatable bonds is 7. The Kier molecular flexibility index (Phi) is 7.88. The number of hydrogen-bond donors (Lipinski definition) is 0. The first-order chi connectivity index (χ1) is 11.5. The van der Waals surface area contributed by atoms with Gasteiger partial charge >= 0.3 is 0 Å². The van der Waals surface area contributed by atoms with Gasteiger partial charge in [-0.25, -0.2) is 0 Å². The fourth-order valence-corrected chi connectivity index (χ4v) is 3.51. The van der Waals surface area contributed by atoms with E-state index in [0.29, 0.717) is 13.0 Å². The third-order valence-electron chi connectivity index (χ3n) is 4.42. The molecule has 1 rings (SSSR count). The highest BCUT2D eigenvalue weighted by Crippen LogP contribution is 2.35. The normalized spacial score (nSPS) is 12.6. The number of aryl methyl sites for hydroxylation is 1. The van der Waals surface area contributed by atoms with Crippen molar-refractivity contribution in [2.75, 3.05) is 19.8 Å². The van der Waals surface area contributed by atoms with Crippen LogP contribution in [0.15, 0.2) is 29.2 Å². The second kappa shape index (κ2) is 8.99. The molecule has 25 heavy (non-hydrogen) atoms. The van der Waals surface area contributed by atoms with E-state index in [1.54, 1.807) is 24.3 Å². The quantitative estimate of drug-likeness (QED) is 0.307. The van der Waals surface area contributed by atoms with Crippen LogP contribution in [0.4, 0.5) is 0 Å². The molecule has 0 aliphatic heterocycles. The van der Waals surface area contributed by atoms with Gasteiger partial charge in [-0.05, 0) is 24.1 Å². The molecular formula is C19H30O4SSi. The van der Waals surface area contributed by atoms with Crippen LogP contribution in [0.2, 0.25) is 18.1 Å². The fraction of sp³-hybridized carbons (Fsp3) is 0.579. The lowest BCUT2D eigenvalue weighted by molar-refractivity contribution is 0.106. The molecule has 0 amide bonds. The van der Waals surface area contributed by atoms with Crippen molar-refractivity contribution in [2.45, 2.75) is 57.1 Å². The smallest absolute Gasteiger partial charge is 0.297 e. The molecule has 0 fully saturated rings. The average Bonchev–Trinajstić information content (AvgIpc) is 2.49. The van der Waals surface area contributed by atoms with Crippen LogP contribution in [0.5, 0.6) is 0 Å². The molecular weight excluding hydrogens is 352 g/mol. The van der Waals surface area contributed by atoms with Crippen LogP contribution in [0, 0.1) is 18.4 Å². The van der Waals surface area contributed by atoms with Gasteiger partial charge in [0.2, 0.25) is 0 Å². The summed E-state index contributed by atoms with van der Waals surface area (Å²) in [5.41, 5.74) is 4.42. The van der Waals surface area contributed by atoms with Gasteiger partial charge in [0.05, 0.1) is 24.7 Å². The Bertz CT molecular complexity index is 705.